The summed E-state index contributed by atoms with van der Waals surface area (Å²) in [6.07, 6.45) is 9.65. The average Bonchev–Trinajstić information content (AvgIpc) is 2.76. The fraction of sp³-hybridized carbons (Fsp3) is 0.320. The van der Waals surface area contributed by atoms with Gasteiger partial charge in [0.1, 0.15) is 0 Å². The summed E-state index contributed by atoms with van der Waals surface area (Å²) in [5.41, 5.74) is 5.02. The summed E-state index contributed by atoms with van der Waals surface area (Å²) >= 11 is 0. The van der Waals surface area contributed by atoms with E-state index in [0.29, 0.717) is 0 Å². The van der Waals surface area contributed by atoms with Crippen LogP contribution in [0.25, 0.3) is 16.8 Å². The van der Waals surface area contributed by atoms with Gasteiger partial charge >= 0.3 is 0 Å². The third-order valence-corrected chi connectivity index (χ3v) is 6.15. The van der Waals surface area contributed by atoms with Crippen LogP contribution in [0.3, 0.4) is 0 Å². The lowest BCUT2D eigenvalue weighted by Crippen LogP contribution is -2.26. The van der Waals surface area contributed by atoms with Crippen molar-refractivity contribution in [3.63, 3.8) is 0 Å². The van der Waals surface area contributed by atoms with E-state index >= 15 is 0 Å². The molecule has 144 valence electrons. The Hall–Kier alpha value is -2.81. The number of benzene rings is 2. The van der Waals surface area contributed by atoms with Gasteiger partial charge in [0.2, 0.25) is 0 Å². The van der Waals surface area contributed by atoms with Crippen LogP contribution in [0.5, 0.6) is 11.5 Å². The first-order valence-electron chi connectivity index (χ1n) is 9.92. The molecule has 0 spiro atoms. The quantitative estimate of drug-likeness (QED) is 0.556. The summed E-state index contributed by atoms with van der Waals surface area (Å²) in [6, 6.07) is 12.8. The maximum absolute atomic E-state index is 5.58. The lowest BCUT2D eigenvalue weighted by atomic mass is 9.72. The topological polar surface area (TPSA) is 31.4 Å². The van der Waals surface area contributed by atoms with Crippen molar-refractivity contribution in [1.29, 1.82) is 0 Å². The highest BCUT2D eigenvalue weighted by Gasteiger charge is 2.33. The van der Waals surface area contributed by atoms with Crippen molar-refractivity contribution in [2.24, 2.45) is 0 Å². The lowest BCUT2D eigenvalue weighted by molar-refractivity contribution is 0.355. The Morgan fingerprint density at radius 3 is 2.61 bits per heavy atom. The number of pyridine rings is 1. The van der Waals surface area contributed by atoms with E-state index in [1.54, 1.807) is 14.2 Å². The fourth-order valence-corrected chi connectivity index (χ4v) is 4.37. The lowest BCUT2D eigenvalue weighted by Gasteiger charge is -2.33. The van der Waals surface area contributed by atoms with Gasteiger partial charge in [0, 0.05) is 17.0 Å². The van der Waals surface area contributed by atoms with E-state index in [4.69, 9.17) is 14.5 Å². The molecule has 0 saturated carbocycles. The van der Waals surface area contributed by atoms with Gasteiger partial charge in [0.15, 0.2) is 11.5 Å². The minimum Gasteiger partial charge on any atom is -0.493 e. The van der Waals surface area contributed by atoms with Crippen LogP contribution in [0.2, 0.25) is 0 Å². The fourth-order valence-electron chi connectivity index (χ4n) is 4.37. The van der Waals surface area contributed by atoms with Crippen LogP contribution in [0.15, 0.2) is 48.7 Å². The predicted octanol–water partition coefficient (Wildman–Crippen LogP) is 5.93. The van der Waals surface area contributed by atoms with Crippen LogP contribution in [0.4, 0.5) is 0 Å². The summed E-state index contributed by atoms with van der Waals surface area (Å²) in [5.74, 6) is 1.48. The summed E-state index contributed by atoms with van der Waals surface area (Å²) in [4.78, 5) is 4.89. The van der Waals surface area contributed by atoms with Crippen LogP contribution < -0.4 is 9.47 Å². The maximum atomic E-state index is 5.58. The van der Waals surface area contributed by atoms with Crippen molar-refractivity contribution >= 4 is 16.8 Å². The highest BCUT2D eigenvalue weighted by molar-refractivity contribution is 5.89. The van der Waals surface area contributed by atoms with Crippen LogP contribution >= 0.6 is 0 Å². The van der Waals surface area contributed by atoms with E-state index in [0.717, 1.165) is 47.2 Å². The van der Waals surface area contributed by atoms with Gasteiger partial charge in [0.05, 0.1) is 19.9 Å². The molecule has 1 unspecified atom stereocenters. The van der Waals surface area contributed by atoms with Gasteiger partial charge in [-0.2, -0.15) is 0 Å². The van der Waals surface area contributed by atoms with Gasteiger partial charge in [-0.1, -0.05) is 37.3 Å². The van der Waals surface area contributed by atoms with E-state index in [1.807, 2.05) is 18.3 Å². The Morgan fingerprint density at radius 2 is 1.86 bits per heavy atom. The Morgan fingerprint density at radius 1 is 1.07 bits per heavy atom. The molecule has 0 amide bonds. The number of hydrogen-bond donors (Lipinski definition) is 0. The van der Waals surface area contributed by atoms with Crippen LogP contribution in [-0.4, -0.2) is 19.2 Å². The first kappa shape index (κ1) is 18.5. The second-order valence-electron chi connectivity index (χ2n) is 7.59. The first-order chi connectivity index (χ1) is 13.6. The van der Waals surface area contributed by atoms with Gasteiger partial charge < -0.3 is 9.47 Å². The van der Waals surface area contributed by atoms with Crippen molar-refractivity contribution < 1.29 is 9.47 Å². The molecule has 1 atom stereocenters. The van der Waals surface area contributed by atoms with Crippen molar-refractivity contribution in [3.05, 3.63) is 71.1 Å². The molecule has 1 aliphatic rings. The second kappa shape index (κ2) is 7.31. The van der Waals surface area contributed by atoms with Gasteiger partial charge in [-0.15, -0.1) is 0 Å². The Bertz CT molecular complexity index is 1050. The van der Waals surface area contributed by atoms with E-state index in [9.17, 15) is 0 Å². The number of hydrogen-bond acceptors (Lipinski definition) is 3. The molecule has 0 fully saturated rings. The van der Waals surface area contributed by atoms with E-state index in [1.165, 1.54) is 16.7 Å². The molecule has 1 heterocycles. The summed E-state index contributed by atoms with van der Waals surface area (Å²) < 4.78 is 11.1. The Balaban J connectivity index is 1.99. The zero-order valence-electron chi connectivity index (χ0n) is 17.1. The first-order valence-corrected chi connectivity index (χ1v) is 9.92. The third-order valence-electron chi connectivity index (χ3n) is 6.15. The van der Waals surface area contributed by atoms with Gasteiger partial charge in [-0.25, -0.2) is 0 Å². The number of methoxy groups -OCH3 is 2. The van der Waals surface area contributed by atoms with Crippen LogP contribution in [-0.2, 0) is 11.8 Å². The molecule has 3 heteroatoms. The van der Waals surface area contributed by atoms with Crippen molar-refractivity contribution in [2.45, 2.75) is 38.5 Å². The molecule has 0 aliphatic heterocycles. The smallest absolute Gasteiger partial charge is 0.161 e. The van der Waals surface area contributed by atoms with Crippen molar-refractivity contribution in [3.8, 4) is 11.5 Å². The molecule has 0 radical (unpaired) electrons. The molecular formula is C25H27NO2. The largest absolute Gasteiger partial charge is 0.493 e. The molecule has 3 nitrogen and oxygen atoms in total. The number of nitrogens with zero attached hydrogens (tertiary/aromatic N) is 1. The number of ether oxygens (including phenoxy) is 2. The number of aromatic nitrogens is 1. The normalized spacial score (nSPS) is 15.1. The van der Waals surface area contributed by atoms with Crippen molar-refractivity contribution in [1.82, 2.24) is 4.98 Å². The average molecular weight is 373 g/mol. The number of fused-ring (bicyclic) bond motifs is 2. The van der Waals surface area contributed by atoms with E-state index in [-0.39, 0.29) is 5.41 Å². The highest BCUT2D eigenvalue weighted by atomic mass is 16.5. The number of aryl methyl sites for hydroxylation is 1. The highest BCUT2D eigenvalue weighted by Crippen LogP contribution is 2.43. The Kier molecular flexibility index (Phi) is 4.84. The van der Waals surface area contributed by atoms with Gasteiger partial charge in [-0.3, -0.25) is 4.98 Å². The maximum Gasteiger partial charge on any atom is 0.161 e. The number of allylic oxidation sites excluding steroid dienone is 1. The molecular weight excluding hydrogens is 346 g/mol. The predicted molar refractivity (Wildman–Crippen MR) is 115 cm³/mol. The molecule has 28 heavy (non-hydrogen) atoms. The second-order valence-corrected chi connectivity index (χ2v) is 7.59. The monoisotopic (exact) mass is 373 g/mol. The minimum atomic E-state index is -0.202. The summed E-state index contributed by atoms with van der Waals surface area (Å²) in [5, 5.41) is 2.23. The molecule has 4 rings (SSSR count). The molecule has 0 N–H and O–H groups in total. The standard InChI is InChI=1S/C25H27NO2/c1-5-25(2,21-12-8-10-17-9-6-7-11-19(17)21)24-20-16-23(28-4)22(27-3)15-18(20)13-14-26-24/h7-8,10-16H,5-6,9H2,1-4H3. The zero-order valence-corrected chi connectivity index (χ0v) is 17.1. The van der Waals surface area contributed by atoms with E-state index < -0.39 is 0 Å². The molecule has 0 bridgehead atoms. The van der Waals surface area contributed by atoms with Gasteiger partial charge in [-0.05, 0) is 66.5 Å². The van der Waals surface area contributed by atoms with E-state index in [2.05, 4.69) is 50.3 Å². The summed E-state index contributed by atoms with van der Waals surface area (Å²) in [6.45, 7) is 4.55. The van der Waals surface area contributed by atoms with Crippen molar-refractivity contribution in [2.75, 3.05) is 14.2 Å². The molecule has 1 aromatic heterocycles. The van der Waals surface area contributed by atoms with Gasteiger partial charge in [0.25, 0.3) is 0 Å². The Labute approximate surface area is 167 Å². The third kappa shape index (κ3) is 2.86. The zero-order chi connectivity index (χ0) is 19.7. The minimum absolute atomic E-state index is 0.202. The van der Waals surface area contributed by atoms with Crippen LogP contribution in [0, 0.1) is 0 Å². The molecule has 3 aromatic rings. The molecule has 2 aromatic carbocycles. The molecule has 1 aliphatic carbocycles. The summed E-state index contributed by atoms with van der Waals surface area (Å²) in [7, 11) is 3.35. The molecule has 0 saturated heterocycles. The number of rotatable bonds is 5. The SMILES string of the molecule is CCC(C)(c1cccc2c1C=CCC2)c1nccc2cc(OC)c(OC)cc12. The van der Waals surface area contributed by atoms with Crippen LogP contribution in [0.1, 0.15) is 49.1 Å².